The van der Waals surface area contributed by atoms with Crippen LogP contribution >= 0.6 is 11.3 Å². The van der Waals surface area contributed by atoms with E-state index in [1.165, 1.54) is 11.3 Å². The van der Waals surface area contributed by atoms with Gasteiger partial charge in [0.2, 0.25) is 0 Å². The summed E-state index contributed by atoms with van der Waals surface area (Å²) in [6.07, 6.45) is 1.29. The van der Waals surface area contributed by atoms with E-state index in [0.717, 1.165) is 12.1 Å². The topological polar surface area (TPSA) is 56.0 Å². The largest absolute Gasteiger partial charge is 0.389 e. The molecule has 0 unspecified atom stereocenters. The lowest BCUT2D eigenvalue weighted by Crippen LogP contribution is -1.95. The molecule has 2 N–H and O–H groups in total. The molecular formula is C8H12N2OS. The average Bonchev–Trinajstić information content (AvgIpc) is 2.45. The van der Waals surface area contributed by atoms with Crippen molar-refractivity contribution in [3.05, 3.63) is 10.7 Å². The summed E-state index contributed by atoms with van der Waals surface area (Å²) in [5, 5.41) is 1.22. The Morgan fingerprint density at radius 1 is 1.58 bits per heavy atom. The third-order valence-electron chi connectivity index (χ3n) is 1.62. The van der Waals surface area contributed by atoms with Crippen molar-refractivity contribution in [2.24, 2.45) is 0 Å². The summed E-state index contributed by atoms with van der Waals surface area (Å²) < 4.78 is 0. The van der Waals surface area contributed by atoms with E-state index in [1.807, 2.05) is 13.8 Å². The number of nitrogens with two attached hydrogens (primary N) is 1. The second-order valence-electron chi connectivity index (χ2n) is 2.46. The van der Waals surface area contributed by atoms with Crippen LogP contribution in [-0.4, -0.2) is 10.8 Å². The normalized spacial score (nSPS) is 10.2. The van der Waals surface area contributed by atoms with Gasteiger partial charge in [0.25, 0.3) is 0 Å². The van der Waals surface area contributed by atoms with Crippen LogP contribution in [0.25, 0.3) is 0 Å². The molecule has 66 valence electrons. The predicted octanol–water partition coefficient (Wildman–Crippen LogP) is 1.88. The Morgan fingerprint density at radius 3 is 2.67 bits per heavy atom. The molecule has 1 heterocycles. The second kappa shape index (κ2) is 3.67. The van der Waals surface area contributed by atoms with Gasteiger partial charge in [0, 0.05) is 6.42 Å². The first-order valence-corrected chi connectivity index (χ1v) is 4.79. The Bertz CT molecular complexity index is 293. The molecule has 0 saturated heterocycles. The zero-order chi connectivity index (χ0) is 9.14. The van der Waals surface area contributed by atoms with E-state index >= 15 is 0 Å². The van der Waals surface area contributed by atoms with Crippen molar-refractivity contribution < 1.29 is 4.79 Å². The summed E-state index contributed by atoms with van der Waals surface area (Å²) in [5.41, 5.74) is 6.49. The summed E-state index contributed by atoms with van der Waals surface area (Å²) in [6, 6.07) is 0. The van der Waals surface area contributed by atoms with Crippen molar-refractivity contribution in [2.75, 3.05) is 5.73 Å². The van der Waals surface area contributed by atoms with Gasteiger partial charge in [-0.1, -0.05) is 25.2 Å². The molecular weight excluding hydrogens is 172 g/mol. The van der Waals surface area contributed by atoms with Gasteiger partial charge >= 0.3 is 0 Å². The number of aromatic nitrogens is 1. The summed E-state index contributed by atoms with van der Waals surface area (Å²) in [7, 11) is 0. The van der Waals surface area contributed by atoms with Gasteiger partial charge in [-0.3, -0.25) is 4.79 Å². The van der Waals surface area contributed by atoms with E-state index in [1.54, 1.807) is 0 Å². The Morgan fingerprint density at radius 2 is 2.25 bits per heavy atom. The maximum absolute atomic E-state index is 11.2. The molecule has 0 aliphatic rings. The Labute approximate surface area is 75.6 Å². The van der Waals surface area contributed by atoms with Crippen LogP contribution in [0.1, 0.15) is 35.8 Å². The van der Waals surface area contributed by atoms with Gasteiger partial charge in [-0.05, 0) is 6.42 Å². The molecule has 0 spiro atoms. The minimum atomic E-state index is 0.0754. The van der Waals surface area contributed by atoms with E-state index in [-0.39, 0.29) is 5.78 Å². The SMILES string of the molecule is CCC(=O)c1nc(CC)c(N)s1. The lowest BCUT2D eigenvalue weighted by atomic mass is 10.3. The van der Waals surface area contributed by atoms with Crippen LogP contribution in [0.5, 0.6) is 0 Å². The highest BCUT2D eigenvalue weighted by Crippen LogP contribution is 2.22. The van der Waals surface area contributed by atoms with Gasteiger partial charge in [-0.15, -0.1) is 0 Å². The van der Waals surface area contributed by atoms with E-state index < -0.39 is 0 Å². The third-order valence-corrected chi connectivity index (χ3v) is 2.59. The predicted molar refractivity (Wildman–Crippen MR) is 50.5 cm³/mol. The highest BCUT2D eigenvalue weighted by Gasteiger charge is 2.11. The molecule has 0 atom stereocenters. The number of carbonyl (C=O) groups is 1. The highest BCUT2D eigenvalue weighted by atomic mass is 32.1. The zero-order valence-corrected chi connectivity index (χ0v) is 8.07. The van der Waals surface area contributed by atoms with Crippen LogP contribution in [0.2, 0.25) is 0 Å². The second-order valence-corrected chi connectivity index (χ2v) is 3.49. The van der Waals surface area contributed by atoms with Crippen LogP contribution in [0, 0.1) is 0 Å². The maximum Gasteiger partial charge on any atom is 0.191 e. The number of thiazole rings is 1. The zero-order valence-electron chi connectivity index (χ0n) is 7.26. The van der Waals surface area contributed by atoms with Gasteiger partial charge in [-0.2, -0.15) is 0 Å². The van der Waals surface area contributed by atoms with Crippen LogP contribution in [-0.2, 0) is 6.42 Å². The van der Waals surface area contributed by atoms with Gasteiger partial charge in [0.15, 0.2) is 10.8 Å². The van der Waals surface area contributed by atoms with E-state index in [9.17, 15) is 4.79 Å². The highest BCUT2D eigenvalue weighted by molar-refractivity contribution is 7.17. The van der Waals surface area contributed by atoms with E-state index in [2.05, 4.69) is 4.98 Å². The number of nitrogens with zero attached hydrogens (tertiary/aromatic N) is 1. The maximum atomic E-state index is 11.2. The summed E-state index contributed by atoms with van der Waals surface area (Å²) in [4.78, 5) is 15.3. The molecule has 1 aromatic heterocycles. The first-order chi connectivity index (χ1) is 5.69. The van der Waals surface area contributed by atoms with E-state index in [0.29, 0.717) is 16.4 Å². The number of hydrogen-bond donors (Lipinski definition) is 1. The summed E-state index contributed by atoms with van der Waals surface area (Å²) in [6.45, 7) is 3.80. The standard InChI is InChI=1S/C8H12N2OS/c1-3-5-7(9)12-8(10-5)6(11)4-2/h3-4,9H2,1-2H3. The molecule has 0 aliphatic carbocycles. The minimum Gasteiger partial charge on any atom is -0.389 e. The number of ketones is 1. The van der Waals surface area contributed by atoms with Crippen molar-refractivity contribution in [1.82, 2.24) is 4.98 Å². The van der Waals surface area contributed by atoms with Gasteiger partial charge in [-0.25, -0.2) is 4.98 Å². The summed E-state index contributed by atoms with van der Waals surface area (Å²) in [5.74, 6) is 0.0754. The van der Waals surface area contributed by atoms with Crippen LogP contribution in [0.15, 0.2) is 0 Å². The molecule has 3 nitrogen and oxygen atoms in total. The van der Waals surface area contributed by atoms with Crippen LogP contribution in [0.4, 0.5) is 5.00 Å². The summed E-state index contributed by atoms with van der Waals surface area (Å²) >= 11 is 1.29. The average molecular weight is 184 g/mol. The fraction of sp³-hybridized carbons (Fsp3) is 0.500. The molecule has 0 amide bonds. The first kappa shape index (κ1) is 9.19. The van der Waals surface area contributed by atoms with Crippen molar-refractivity contribution in [3.63, 3.8) is 0 Å². The minimum absolute atomic E-state index is 0.0754. The third kappa shape index (κ3) is 1.64. The smallest absolute Gasteiger partial charge is 0.191 e. The number of aryl methyl sites for hydroxylation is 1. The molecule has 1 aromatic rings. The molecule has 0 aliphatic heterocycles. The number of rotatable bonds is 3. The van der Waals surface area contributed by atoms with Crippen molar-refractivity contribution in [2.45, 2.75) is 26.7 Å². The monoisotopic (exact) mass is 184 g/mol. The quantitative estimate of drug-likeness (QED) is 0.730. The Balaban J connectivity index is 2.96. The molecule has 1 rings (SSSR count). The molecule has 0 fully saturated rings. The number of anilines is 1. The number of carbonyl (C=O) groups excluding carboxylic acids is 1. The Hall–Kier alpha value is -0.900. The first-order valence-electron chi connectivity index (χ1n) is 3.97. The number of Topliss-reactive ketones (excluding diaryl/α,β-unsaturated/α-hetero) is 1. The fourth-order valence-electron chi connectivity index (χ4n) is 0.887. The Kier molecular flexibility index (Phi) is 2.81. The molecule has 4 heteroatoms. The molecule has 12 heavy (non-hydrogen) atoms. The van der Waals surface area contributed by atoms with Crippen LogP contribution < -0.4 is 5.73 Å². The lowest BCUT2D eigenvalue weighted by molar-refractivity contribution is 0.0987. The van der Waals surface area contributed by atoms with E-state index in [4.69, 9.17) is 5.73 Å². The number of hydrogen-bond acceptors (Lipinski definition) is 4. The molecule has 0 saturated carbocycles. The number of nitrogen functional groups attached to an aromatic ring is 1. The van der Waals surface area contributed by atoms with Gasteiger partial charge < -0.3 is 5.73 Å². The van der Waals surface area contributed by atoms with Crippen molar-refractivity contribution >= 4 is 22.1 Å². The van der Waals surface area contributed by atoms with Gasteiger partial charge in [0.1, 0.15) is 5.00 Å². The molecule has 0 radical (unpaired) electrons. The van der Waals surface area contributed by atoms with Crippen molar-refractivity contribution in [3.8, 4) is 0 Å². The lowest BCUT2D eigenvalue weighted by Gasteiger charge is -1.87. The molecule has 0 aromatic carbocycles. The van der Waals surface area contributed by atoms with Crippen LogP contribution in [0.3, 0.4) is 0 Å². The fourth-order valence-corrected chi connectivity index (χ4v) is 1.82. The van der Waals surface area contributed by atoms with Crippen molar-refractivity contribution in [1.29, 1.82) is 0 Å². The van der Waals surface area contributed by atoms with Gasteiger partial charge in [0.05, 0.1) is 5.69 Å². The molecule has 0 bridgehead atoms.